The number of amides is 10. The van der Waals surface area contributed by atoms with Crippen LogP contribution in [0.3, 0.4) is 0 Å². The summed E-state index contributed by atoms with van der Waals surface area (Å²) >= 11 is 0. The average molecular weight is 1980 g/mol. The monoisotopic (exact) mass is 1980 g/mol. The number of carbonyl (C=O) groups excluding carboxylic acids is 10. The molecule has 10 rings (SSSR count). The molecule has 0 aromatic heterocycles. The molecule has 1 unspecified atom stereocenters. The molecule has 37 heteroatoms. The van der Waals surface area contributed by atoms with Crippen molar-refractivity contribution < 1.29 is 115 Å². The van der Waals surface area contributed by atoms with E-state index in [-0.39, 0.29) is 165 Å². The molecule has 3 fully saturated rings. The quantitative estimate of drug-likeness (QED) is 0.00499. The summed E-state index contributed by atoms with van der Waals surface area (Å²) in [6.45, 7) is 19.7. The summed E-state index contributed by atoms with van der Waals surface area (Å²) in [7, 11) is -4.09. The number of hydrogen-bond donors (Lipinski definition) is 12. The Morgan fingerprint density at radius 1 is 0.525 bits per heavy atom. The van der Waals surface area contributed by atoms with Crippen molar-refractivity contribution in [1.82, 2.24) is 37.2 Å². The lowest BCUT2D eigenvalue weighted by molar-refractivity contribution is -0.150. The fraction of sp³-hybridized carbons (Fsp3) is 0.635. The van der Waals surface area contributed by atoms with Crippen LogP contribution >= 0.6 is 7.60 Å². The first-order chi connectivity index (χ1) is 67.8. The molecule has 13 N–H and O–H groups in total. The van der Waals surface area contributed by atoms with Crippen LogP contribution in [0, 0.1) is 47.3 Å². The van der Waals surface area contributed by atoms with Crippen LogP contribution in [0.2, 0.25) is 0 Å². The van der Waals surface area contributed by atoms with Gasteiger partial charge in [0.05, 0.1) is 167 Å². The lowest BCUT2D eigenvalue weighted by Gasteiger charge is -2.56. The van der Waals surface area contributed by atoms with E-state index >= 15 is 0 Å². The molecule has 6 aliphatic rings. The van der Waals surface area contributed by atoms with E-state index in [4.69, 9.17) is 68.0 Å². The van der Waals surface area contributed by atoms with Crippen molar-refractivity contribution in [3.05, 3.63) is 129 Å². The number of nitrogens with zero attached hydrogens (tertiary/aromatic N) is 3. The first kappa shape index (κ1) is 113. The van der Waals surface area contributed by atoms with Crippen LogP contribution in [-0.2, 0) is 130 Å². The molecule has 4 aromatic carbocycles. The van der Waals surface area contributed by atoms with E-state index in [2.05, 4.69) is 105 Å². The van der Waals surface area contributed by atoms with Crippen molar-refractivity contribution in [3.63, 3.8) is 0 Å². The van der Waals surface area contributed by atoms with Gasteiger partial charge < -0.3 is 110 Å². The van der Waals surface area contributed by atoms with E-state index in [9.17, 15) is 57.6 Å². The van der Waals surface area contributed by atoms with Gasteiger partial charge in [0.25, 0.3) is 0 Å². The molecule has 36 nitrogen and oxygen atoms in total. The van der Waals surface area contributed by atoms with E-state index in [0.29, 0.717) is 127 Å². The number of aliphatic hydroxyl groups is 1. The van der Waals surface area contributed by atoms with Gasteiger partial charge in [-0.05, 0) is 190 Å². The third-order valence-corrected chi connectivity index (χ3v) is 28.9. The Labute approximate surface area is 829 Å². The third kappa shape index (κ3) is 33.9. The summed E-state index contributed by atoms with van der Waals surface area (Å²) < 4.78 is 67.1. The molecule has 0 radical (unpaired) electrons. The number of unbranched alkanes of at least 4 members (excludes halogenated alkanes) is 1. The molecule has 141 heavy (non-hydrogen) atoms. The molecule has 4 aromatic rings. The number of anilines is 2. The van der Waals surface area contributed by atoms with Crippen molar-refractivity contribution >= 4 is 89.5 Å². The Hall–Kier alpha value is -9.81. The van der Waals surface area contributed by atoms with Crippen LogP contribution in [0.1, 0.15) is 215 Å². The largest absolute Gasteiger partial charge is 0.394 e. The zero-order valence-electron chi connectivity index (χ0n) is 83.5. The second kappa shape index (κ2) is 57.0. The van der Waals surface area contributed by atoms with Crippen LogP contribution in [-0.4, -0.2) is 274 Å². The summed E-state index contributed by atoms with van der Waals surface area (Å²) in [5.41, 5.74) is 8.33. The smallest absolute Gasteiger partial charge is 0.327 e. The van der Waals surface area contributed by atoms with Crippen LogP contribution in [0.15, 0.2) is 95.0 Å². The number of nitrogens with one attached hydrogen (secondary N) is 8. The highest BCUT2D eigenvalue weighted by molar-refractivity contribution is 7.51. The second-order valence-electron chi connectivity index (χ2n) is 38.7. The molecule has 776 valence electrons. The third-order valence-electron chi connectivity index (χ3n) is 28.1. The van der Waals surface area contributed by atoms with Gasteiger partial charge in [0.1, 0.15) is 42.6 Å². The Kier molecular flexibility index (Phi) is 45.8. The van der Waals surface area contributed by atoms with Gasteiger partial charge in [0.2, 0.25) is 59.1 Å². The van der Waals surface area contributed by atoms with Gasteiger partial charge in [-0.25, -0.2) is 0 Å². The molecule has 0 spiro atoms. The molecule has 10 amide bonds. The number of hydrazone groups is 1. The van der Waals surface area contributed by atoms with Crippen molar-refractivity contribution in [2.75, 3.05) is 168 Å². The second-order valence-corrected chi connectivity index (χ2v) is 40.5. The molecule has 1 aliphatic heterocycles. The van der Waals surface area contributed by atoms with Crippen molar-refractivity contribution in [2.45, 2.75) is 238 Å². The van der Waals surface area contributed by atoms with E-state index in [1.54, 1.807) is 24.8 Å². The maximum absolute atomic E-state index is 15.0. The number of carbonyl (C=O) groups is 10. The first-order valence-corrected chi connectivity index (χ1v) is 52.0. The zero-order chi connectivity index (χ0) is 101. The fourth-order valence-electron chi connectivity index (χ4n) is 20.4. The molecule has 11 atom stereocenters. The zero-order valence-corrected chi connectivity index (χ0v) is 84.4. The van der Waals surface area contributed by atoms with Crippen molar-refractivity contribution in [1.29, 1.82) is 0 Å². The molecule has 1 heterocycles. The average Bonchev–Trinajstić information content (AvgIpc) is 0.718. The van der Waals surface area contributed by atoms with Crippen LogP contribution < -0.4 is 53.3 Å². The molecule has 3 saturated carbocycles. The Balaban J connectivity index is 0.656. The Morgan fingerprint density at radius 2 is 1.09 bits per heavy atom. The first-order valence-electron chi connectivity index (χ1n) is 50.2. The predicted octanol–water partition coefficient (Wildman–Crippen LogP) is 7.86. The van der Waals surface area contributed by atoms with Gasteiger partial charge >= 0.3 is 7.60 Å². The number of benzene rings is 4. The van der Waals surface area contributed by atoms with Crippen molar-refractivity contribution in [3.8, 4) is 11.8 Å². The number of fused-ring (bicyclic) bond motifs is 8. The molecular weight excluding hydrogens is 1830 g/mol. The number of hydrogen-bond acceptors (Lipinski definition) is 25. The van der Waals surface area contributed by atoms with Crippen molar-refractivity contribution in [2.24, 2.45) is 44.5 Å². The predicted molar refractivity (Wildman–Crippen MR) is 532 cm³/mol. The Bertz CT molecular complexity index is 5000. The number of nitrogens with two attached hydrogens (primary N) is 1. The summed E-state index contributed by atoms with van der Waals surface area (Å²) in [6.07, 6.45) is 11.2. The van der Waals surface area contributed by atoms with Gasteiger partial charge in [0, 0.05) is 49.2 Å². The van der Waals surface area contributed by atoms with Gasteiger partial charge in [-0.15, -0.1) is 0 Å². The van der Waals surface area contributed by atoms with Gasteiger partial charge in [-0.1, -0.05) is 139 Å². The van der Waals surface area contributed by atoms with Gasteiger partial charge in [-0.2, -0.15) is 5.10 Å². The van der Waals surface area contributed by atoms with Crippen LogP contribution in [0.5, 0.6) is 0 Å². The summed E-state index contributed by atoms with van der Waals surface area (Å²) in [4.78, 5) is 164. The maximum atomic E-state index is 15.0. The number of aliphatic imine (C=N–C) groups is 1. The minimum atomic E-state index is -4.09. The molecule has 0 bridgehead atoms. The highest BCUT2D eigenvalue weighted by atomic mass is 31.2. The highest BCUT2D eigenvalue weighted by Gasteiger charge is 2.59. The fourth-order valence-corrected chi connectivity index (χ4v) is 20.7. The lowest BCUT2D eigenvalue weighted by atomic mass is 9.49. The van der Waals surface area contributed by atoms with E-state index in [1.165, 1.54) is 23.6 Å². The normalized spacial score (nSPS) is 21.8. The molecular formula is C104H151N12O24P. The SMILES string of the molecule is Cc1ccc2c(c1)[C@@]1(C)CCC[C@](C)(C(=O)NC(=O)[C@@]3(C)CCC[C@]4(C)c5cc(NC(=O)[C@H](CO)NC(=O)[C@H](C)NC(=O)[C@@H](NC(=O)[C@@H](CCCCNC(=O)COC6CCCCCC(=NCCOCCOCCOCCOCCOCCP(=O)(O)O)C6=NN)NC(=O)CCOCCOCCOCCOCCNC(=O)CCC(=O)N6Cc7ccccc7C#Cc7ccccc76)C(C)C)ccc5CC[C@@H]34)[C@@H]1CC2. The van der Waals surface area contributed by atoms with E-state index < -0.39 is 102 Å². The highest BCUT2D eigenvalue weighted by Crippen LogP contribution is 2.60. The topological polar surface area (TPSA) is 491 Å². The number of para-hydroxylation sites is 1. The minimum absolute atomic E-state index is 0.00597. The minimum Gasteiger partial charge on any atom is -0.394 e. The summed E-state index contributed by atoms with van der Waals surface area (Å²) in [5.74, 6) is 6.88. The molecule has 0 saturated heterocycles. The summed E-state index contributed by atoms with van der Waals surface area (Å²) in [5, 5.41) is 37.2. The number of aliphatic hydroxyl groups excluding tert-OH is 1. The molecule has 5 aliphatic carbocycles. The van der Waals surface area contributed by atoms with Gasteiger partial charge in [-0.3, -0.25) is 62.8 Å². The number of rotatable bonds is 57. The lowest BCUT2D eigenvalue weighted by Crippen LogP contribution is -2.60. The van der Waals surface area contributed by atoms with E-state index in [0.717, 1.165) is 92.0 Å². The summed E-state index contributed by atoms with van der Waals surface area (Å²) in [6, 6.07) is 22.3. The number of aryl methyl sites for hydroxylation is 3. The van der Waals surface area contributed by atoms with Gasteiger partial charge in [0.15, 0.2) is 0 Å². The van der Waals surface area contributed by atoms with E-state index in [1.807, 2.05) is 67.6 Å². The maximum Gasteiger partial charge on any atom is 0.327 e. The van der Waals surface area contributed by atoms with Crippen LogP contribution in [0.25, 0.3) is 0 Å². The Morgan fingerprint density at radius 3 is 1.70 bits per heavy atom. The number of ether oxygens (including phenoxy) is 10. The van der Waals surface area contributed by atoms with Crippen LogP contribution in [0.4, 0.5) is 11.4 Å². The number of imide groups is 1. The standard InChI is InChI=1S/C104H151N12O24P/c1-71(2)93(98(125)109-73(4)95(122)112-84(69-117)97(124)110-79-34-31-76-33-36-88-102(6,81(76)67-79)41-19-43-104(88,8)100(127)114-99(126)103(7)42-18-40-101(5)80-66-72(3)27-28-75(80)32-35-87(101)103)113-96(123)83(24-16-17-44-107-91(120)70-140-86-26-11-9-10-23-82(94(86)115-105)106-45-48-132-51-54-135-58-59-137-60-61-138-62-63-139-64-65-141(128,129)130)111-90(119)39-47-131-50-53-134-56-57-136-55-52-133-49-46-108-89(118)37-38-92(121)116-68-78-22-13-12-20-74(78)29-30-77-21-14-15-25-85(77)116/h12-15,20-22,25,27-28,31,34,66-67,71,73,83-84,86-88,93,117H,9-11,16-19,23-24,26,32-33,35-65,68-70,105H2,1-8H3,(H,107,120)(H,108,118)(H,109,125)(H,110,124)(H,111,119)(H,112,122)(H,113,123)(H,114,126,127)(H2,128,129,130)/t73-,83+,84-,86?,87+,88+,93-,101+,102+,103-,104-/m0/s1.